The second kappa shape index (κ2) is 8.40. The molecule has 0 aliphatic heterocycles. The van der Waals surface area contributed by atoms with Crippen LogP contribution in [-0.4, -0.2) is 34.3 Å². The molecule has 6 nitrogen and oxygen atoms in total. The molecule has 0 amide bonds. The summed E-state index contributed by atoms with van der Waals surface area (Å²) < 4.78 is 11.6. The molecular formula is C25H25N3O3. The second-order valence-electron chi connectivity index (χ2n) is 7.96. The number of nitrogens with one attached hydrogen (secondary N) is 1. The molecular weight excluding hydrogens is 390 g/mol. The fraction of sp³-hybridized carbons (Fsp3) is 0.280. The largest absolute Gasteiger partial charge is 0.497 e. The number of hydrogen-bond acceptors (Lipinski definition) is 6. The Morgan fingerprint density at radius 1 is 1.00 bits per heavy atom. The van der Waals surface area contributed by atoms with Gasteiger partial charge in [0.15, 0.2) is 0 Å². The number of benzene rings is 2. The zero-order valence-electron chi connectivity index (χ0n) is 17.4. The molecule has 2 aromatic carbocycles. The zero-order chi connectivity index (χ0) is 21.2. The number of hydrogen-bond donors (Lipinski definition) is 2. The fourth-order valence-corrected chi connectivity index (χ4v) is 4.36. The molecule has 2 atom stereocenters. The van der Waals surface area contributed by atoms with Gasteiger partial charge in [-0.15, -0.1) is 0 Å². The van der Waals surface area contributed by atoms with Crippen molar-refractivity contribution in [1.82, 2.24) is 9.97 Å². The first-order valence-corrected chi connectivity index (χ1v) is 10.6. The third-order valence-electron chi connectivity index (χ3n) is 5.89. The van der Waals surface area contributed by atoms with Crippen molar-refractivity contribution in [3.05, 3.63) is 60.9 Å². The molecule has 4 aromatic rings. The number of furan rings is 1. The van der Waals surface area contributed by atoms with Gasteiger partial charge < -0.3 is 19.6 Å². The molecule has 2 N–H and O–H groups in total. The Labute approximate surface area is 180 Å². The van der Waals surface area contributed by atoms with E-state index in [0.717, 1.165) is 58.7 Å². The van der Waals surface area contributed by atoms with Crippen LogP contribution in [0, 0.1) is 0 Å². The predicted molar refractivity (Wildman–Crippen MR) is 121 cm³/mol. The minimum absolute atomic E-state index is 0.167. The van der Waals surface area contributed by atoms with Gasteiger partial charge in [-0.2, -0.15) is 0 Å². The van der Waals surface area contributed by atoms with Crippen LogP contribution in [0.1, 0.15) is 25.7 Å². The SMILES string of the molecule is COc1ccc(-c2c(-c3ccccc3)oc3ncnc(N[C@@H]4CCC[C@@H](O)C4)c23)cc1. The van der Waals surface area contributed by atoms with Crippen molar-refractivity contribution in [3.63, 3.8) is 0 Å². The van der Waals surface area contributed by atoms with Crippen LogP contribution in [0.4, 0.5) is 5.82 Å². The lowest BCUT2D eigenvalue weighted by Crippen LogP contribution is -2.30. The van der Waals surface area contributed by atoms with Gasteiger partial charge in [-0.1, -0.05) is 42.5 Å². The van der Waals surface area contributed by atoms with Crippen LogP contribution in [0.5, 0.6) is 5.75 Å². The van der Waals surface area contributed by atoms with Gasteiger partial charge in [-0.25, -0.2) is 9.97 Å². The lowest BCUT2D eigenvalue weighted by molar-refractivity contribution is 0.124. The summed E-state index contributed by atoms with van der Waals surface area (Å²) in [4.78, 5) is 8.99. The van der Waals surface area contributed by atoms with Crippen LogP contribution in [0.2, 0.25) is 0 Å². The standard InChI is InChI=1S/C25H25N3O3/c1-30-20-12-10-16(11-13-20)21-22-24(28-18-8-5-9-19(29)14-18)26-15-27-25(22)31-23(21)17-6-3-2-4-7-17/h2-4,6-7,10-13,15,18-19,29H,5,8-9,14H2,1H3,(H,26,27,28)/t18-,19-/m1/s1. The van der Waals surface area contributed by atoms with Gasteiger partial charge in [0.1, 0.15) is 23.7 Å². The van der Waals surface area contributed by atoms with Crippen LogP contribution >= 0.6 is 0 Å². The first-order valence-electron chi connectivity index (χ1n) is 10.6. The molecule has 158 valence electrons. The van der Waals surface area contributed by atoms with E-state index in [1.54, 1.807) is 7.11 Å². The number of ether oxygens (including phenoxy) is 1. The maximum atomic E-state index is 10.1. The quantitative estimate of drug-likeness (QED) is 0.462. The number of fused-ring (bicyclic) bond motifs is 1. The van der Waals surface area contributed by atoms with Gasteiger partial charge >= 0.3 is 0 Å². The molecule has 2 heterocycles. The van der Waals surface area contributed by atoms with Crippen molar-refractivity contribution in [2.45, 2.75) is 37.8 Å². The van der Waals surface area contributed by atoms with E-state index < -0.39 is 0 Å². The van der Waals surface area contributed by atoms with Crippen LogP contribution < -0.4 is 10.1 Å². The smallest absolute Gasteiger partial charge is 0.232 e. The van der Waals surface area contributed by atoms with Gasteiger partial charge in [0.05, 0.1) is 18.6 Å². The molecule has 1 saturated carbocycles. The Balaban J connectivity index is 1.68. The zero-order valence-corrected chi connectivity index (χ0v) is 17.4. The Hall–Kier alpha value is -3.38. The summed E-state index contributed by atoms with van der Waals surface area (Å²) in [5, 5.41) is 14.5. The van der Waals surface area contributed by atoms with Crippen LogP contribution in [0.25, 0.3) is 33.6 Å². The van der Waals surface area contributed by atoms with E-state index in [2.05, 4.69) is 15.3 Å². The summed E-state index contributed by atoms with van der Waals surface area (Å²) >= 11 is 0. The number of nitrogens with zero attached hydrogens (tertiary/aromatic N) is 2. The van der Waals surface area contributed by atoms with E-state index >= 15 is 0 Å². The summed E-state index contributed by atoms with van der Waals surface area (Å²) in [7, 11) is 1.66. The van der Waals surface area contributed by atoms with Gasteiger partial charge in [-0.3, -0.25) is 0 Å². The summed E-state index contributed by atoms with van der Waals surface area (Å²) in [6.45, 7) is 0. The molecule has 31 heavy (non-hydrogen) atoms. The van der Waals surface area contributed by atoms with Crippen LogP contribution in [-0.2, 0) is 0 Å². The topological polar surface area (TPSA) is 80.4 Å². The minimum atomic E-state index is -0.270. The van der Waals surface area contributed by atoms with Crippen molar-refractivity contribution >= 4 is 16.9 Å². The van der Waals surface area contributed by atoms with Gasteiger partial charge in [-0.05, 0) is 43.4 Å². The maximum absolute atomic E-state index is 10.1. The first kappa shape index (κ1) is 19.6. The van der Waals surface area contributed by atoms with Crippen molar-refractivity contribution in [1.29, 1.82) is 0 Å². The van der Waals surface area contributed by atoms with Crippen molar-refractivity contribution in [2.75, 3.05) is 12.4 Å². The average Bonchev–Trinajstić information content (AvgIpc) is 3.20. The molecule has 0 bridgehead atoms. The van der Waals surface area contributed by atoms with E-state index in [1.165, 1.54) is 6.33 Å². The number of anilines is 1. The third kappa shape index (κ3) is 3.86. The van der Waals surface area contributed by atoms with E-state index in [9.17, 15) is 5.11 Å². The fourth-order valence-electron chi connectivity index (χ4n) is 4.36. The molecule has 5 rings (SSSR count). The Bertz CT molecular complexity index is 1170. The van der Waals surface area contributed by atoms with Gasteiger partial charge in [0.25, 0.3) is 0 Å². The molecule has 6 heteroatoms. The molecule has 1 aliphatic rings. The second-order valence-corrected chi connectivity index (χ2v) is 7.96. The Morgan fingerprint density at radius 3 is 2.55 bits per heavy atom. The number of aromatic nitrogens is 2. The number of aliphatic hydroxyl groups excluding tert-OH is 1. The highest BCUT2D eigenvalue weighted by Gasteiger charge is 2.25. The average molecular weight is 415 g/mol. The summed E-state index contributed by atoms with van der Waals surface area (Å²) in [5.74, 6) is 2.29. The van der Waals surface area contributed by atoms with Crippen LogP contribution in [0.3, 0.4) is 0 Å². The lowest BCUT2D eigenvalue weighted by atomic mass is 9.93. The lowest BCUT2D eigenvalue weighted by Gasteiger charge is -2.27. The Kier molecular flexibility index (Phi) is 5.30. The van der Waals surface area contributed by atoms with Crippen molar-refractivity contribution < 1.29 is 14.3 Å². The Morgan fingerprint density at radius 2 is 1.81 bits per heavy atom. The monoisotopic (exact) mass is 415 g/mol. The first-order chi connectivity index (χ1) is 15.2. The van der Waals surface area contributed by atoms with E-state index in [0.29, 0.717) is 12.1 Å². The number of rotatable bonds is 5. The van der Waals surface area contributed by atoms with E-state index in [1.807, 2.05) is 54.6 Å². The maximum Gasteiger partial charge on any atom is 0.232 e. The summed E-state index contributed by atoms with van der Waals surface area (Å²) in [6.07, 6.45) is 4.84. The number of aliphatic hydroxyl groups is 1. The normalized spacial score (nSPS) is 18.8. The minimum Gasteiger partial charge on any atom is -0.497 e. The highest BCUT2D eigenvalue weighted by atomic mass is 16.5. The molecule has 0 radical (unpaired) electrons. The van der Waals surface area contributed by atoms with Gasteiger partial charge in [0, 0.05) is 17.2 Å². The molecule has 1 fully saturated rings. The molecule has 1 aliphatic carbocycles. The summed E-state index contributed by atoms with van der Waals surface area (Å²) in [6, 6.07) is 18.1. The third-order valence-corrected chi connectivity index (χ3v) is 5.89. The van der Waals surface area contributed by atoms with E-state index in [-0.39, 0.29) is 12.1 Å². The molecule has 0 spiro atoms. The highest BCUT2D eigenvalue weighted by Crippen LogP contribution is 2.43. The molecule has 0 unspecified atom stereocenters. The van der Waals surface area contributed by atoms with Crippen molar-refractivity contribution in [2.24, 2.45) is 0 Å². The van der Waals surface area contributed by atoms with Crippen molar-refractivity contribution in [3.8, 4) is 28.2 Å². The van der Waals surface area contributed by atoms with Gasteiger partial charge in [0.2, 0.25) is 5.71 Å². The highest BCUT2D eigenvalue weighted by molar-refractivity contribution is 6.05. The molecule has 2 aromatic heterocycles. The molecule has 0 saturated heterocycles. The summed E-state index contributed by atoms with van der Waals surface area (Å²) in [5.41, 5.74) is 3.46. The number of methoxy groups -OCH3 is 1. The van der Waals surface area contributed by atoms with E-state index in [4.69, 9.17) is 9.15 Å². The predicted octanol–water partition coefficient (Wildman–Crippen LogP) is 5.28. The van der Waals surface area contributed by atoms with Crippen LogP contribution in [0.15, 0.2) is 65.3 Å².